The molecule has 1 N–H and O–H groups in total. The van der Waals surface area contributed by atoms with E-state index in [0.29, 0.717) is 0 Å². The maximum absolute atomic E-state index is 5.22. The Morgan fingerprint density at radius 1 is 0.518 bits per heavy atom. The molecule has 56 heavy (non-hydrogen) atoms. The first kappa shape index (κ1) is 33.5. The van der Waals surface area contributed by atoms with Gasteiger partial charge in [0.25, 0.3) is 0 Å². The van der Waals surface area contributed by atoms with Crippen molar-refractivity contribution < 1.29 is 0 Å². The van der Waals surface area contributed by atoms with Gasteiger partial charge in [-0.1, -0.05) is 159 Å². The molecule has 0 amide bonds. The molecule has 2 aliphatic rings. The van der Waals surface area contributed by atoms with Crippen LogP contribution < -0.4 is 10.2 Å². The summed E-state index contributed by atoms with van der Waals surface area (Å²) in [6.07, 6.45) is -0.254. The van der Waals surface area contributed by atoms with E-state index in [1.165, 1.54) is 44.2 Å². The summed E-state index contributed by atoms with van der Waals surface area (Å²) in [4.78, 5) is 12.7. The van der Waals surface area contributed by atoms with Crippen molar-refractivity contribution in [2.24, 2.45) is 9.98 Å². The zero-order valence-electron chi connectivity index (χ0n) is 31.4. The van der Waals surface area contributed by atoms with Gasteiger partial charge in [0.05, 0.1) is 0 Å². The molecular weight excluding hydrogens is 681 g/mol. The fourth-order valence-electron chi connectivity index (χ4n) is 8.58. The zero-order chi connectivity index (χ0) is 37.6. The molecular formula is C52H40N4. The van der Waals surface area contributed by atoms with Crippen LogP contribution >= 0.6 is 0 Å². The summed E-state index contributed by atoms with van der Waals surface area (Å²) in [7, 11) is 0. The van der Waals surface area contributed by atoms with E-state index < -0.39 is 0 Å². The van der Waals surface area contributed by atoms with Crippen LogP contribution in [0, 0.1) is 0 Å². The third-order valence-corrected chi connectivity index (χ3v) is 11.3. The van der Waals surface area contributed by atoms with Crippen LogP contribution in [0.2, 0.25) is 0 Å². The van der Waals surface area contributed by atoms with Crippen molar-refractivity contribution in [3.05, 3.63) is 222 Å². The van der Waals surface area contributed by atoms with E-state index in [1.807, 2.05) is 12.1 Å². The summed E-state index contributed by atoms with van der Waals surface area (Å²) in [5, 5.41) is 6.14. The number of rotatable bonds is 7. The van der Waals surface area contributed by atoms with Gasteiger partial charge in [-0.15, -0.1) is 0 Å². The lowest BCUT2D eigenvalue weighted by molar-refractivity contribution is 0.665. The summed E-state index contributed by atoms with van der Waals surface area (Å²) in [6, 6.07) is 69.0. The third-order valence-electron chi connectivity index (χ3n) is 11.3. The molecule has 1 unspecified atom stereocenters. The highest BCUT2D eigenvalue weighted by Gasteiger charge is 2.39. The van der Waals surface area contributed by atoms with Gasteiger partial charge in [0.15, 0.2) is 5.84 Å². The fraction of sp³-hybridized carbons (Fsp3) is 0.0769. The van der Waals surface area contributed by atoms with Gasteiger partial charge in [0.1, 0.15) is 12.0 Å². The van der Waals surface area contributed by atoms with Crippen LogP contribution in [0.3, 0.4) is 0 Å². The molecule has 0 saturated heterocycles. The summed E-state index contributed by atoms with van der Waals surface area (Å²) < 4.78 is 0. The van der Waals surface area contributed by atoms with Gasteiger partial charge in [0.2, 0.25) is 0 Å². The third kappa shape index (κ3) is 5.78. The fourth-order valence-corrected chi connectivity index (χ4v) is 8.58. The van der Waals surface area contributed by atoms with Crippen molar-refractivity contribution in [3.63, 3.8) is 0 Å². The van der Waals surface area contributed by atoms with E-state index in [2.05, 4.69) is 206 Å². The van der Waals surface area contributed by atoms with Crippen LogP contribution in [0.5, 0.6) is 0 Å². The van der Waals surface area contributed by atoms with E-state index in [4.69, 9.17) is 9.98 Å². The van der Waals surface area contributed by atoms with Gasteiger partial charge < -0.3 is 10.2 Å². The van der Waals surface area contributed by atoms with E-state index in [0.717, 1.165) is 45.4 Å². The van der Waals surface area contributed by atoms with E-state index in [-0.39, 0.29) is 11.6 Å². The maximum atomic E-state index is 5.22. The second-order valence-corrected chi connectivity index (χ2v) is 15.1. The van der Waals surface area contributed by atoms with E-state index in [1.54, 1.807) is 0 Å². The number of hydrogen-bond acceptors (Lipinski definition) is 4. The topological polar surface area (TPSA) is 40.0 Å². The molecule has 1 atom stereocenters. The lowest BCUT2D eigenvalue weighted by Crippen LogP contribution is -2.33. The molecule has 268 valence electrons. The standard InChI is InChI=1S/C52H40N4/c1-52(2)46-34-39(51-54-49(36-17-7-3-8-18-36)53-50(55-51)37-19-9-4-10-20-37)29-32-44(46)47-45(33-38-21-15-16-26-43(38)48(47)52)35-27-30-42(31-28-35)56(40-22-11-5-12-23-40)41-24-13-6-14-25-41/h3-34,49H,1-2H3,(H,53,54,55). The lowest BCUT2D eigenvalue weighted by atomic mass is 9.79. The Bertz CT molecular complexity index is 2730. The predicted molar refractivity (Wildman–Crippen MR) is 233 cm³/mol. The van der Waals surface area contributed by atoms with Gasteiger partial charge in [-0.05, 0) is 98.2 Å². The van der Waals surface area contributed by atoms with Crippen molar-refractivity contribution in [1.82, 2.24) is 5.32 Å². The molecule has 1 aliphatic carbocycles. The Morgan fingerprint density at radius 3 is 1.77 bits per heavy atom. The first-order valence-corrected chi connectivity index (χ1v) is 19.3. The number of nitrogens with one attached hydrogen (secondary N) is 1. The zero-order valence-corrected chi connectivity index (χ0v) is 31.4. The Kier molecular flexibility index (Phi) is 8.18. The summed E-state index contributed by atoms with van der Waals surface area (Å²) >= 11 is 0. The monoisotopic (exact) mass is 720 g/mol. The van der Waals surface area contributed by atoms with Gasteiger partial charge in [0, 0.05) is 33.6 Å². The first-order chi connectivity index (χ1) is 27.5. The second-order valence-electron chi connectivity index (χ2n) is 15.1. The predicted octanol–water partition coefficient (Wildman–Crippen LogP) is 12.8. The first-order valence-electron chi connectivity index (χ1n) is 19.3. The van der Waals surface area contributed by atoms with Crippen LogP contribution in [0.15, 0.2) is 204 Å². The minimum atomic E-state index is -0.272. The second kappa shape index (κ2) is 13.7. The number of benzene rings is 8. The molecule has 1 heterocycles. The lowest BCUT2D eigenvalue weighted by Gasteiger charge is -2.26. The minimum absolute atomic E-state index is 0.254. The molecule has 0 fully saturated rings. The van der Waals surface area contributed by atoms with Crippen molar-refractivity contribution in [2.75, 3.05) is 4.90 Å². The number of aliphatic imine (C=N–C) groups is 2. The average Bonchev–Trinajstić information content (AvgIpc) is 3.51. The largest absolute Gasteiger partial charge is 0.344 e. The summed E-state index contributed by atoms with van der Waals surface area (Å²) in [6.45, 7) is 4.74. The molecule has 10 rings (SSSR count). The molecule has 8 aromatic carbocycles. The molecule has 4 nitrogen and oxygen atoms in total. The Labute approximate surface area is 328 Å². The van der Waals surface area contributed by atoms with Gasteiger partial charge in [-0.3, -0.25) is 0 Å². The van der Waals surface area contributed by atoms with Crippen LogP contribution in [0.4, 0.5) is 17.1 Å². The minimum Gasteiger partial charge on any atom is -0.344 e. The summed E-state index contributed by atoms with van der Waals surface area (Å²) in [5.74, 6) is 1.55. The van der Waals surface area contributed by atoms with Crippen molar-refractivity contribution in [2.45, 2.75) is 25.4 Å². The Morgan fingerprint density at radius 2 is 1.09 bits per heavy atom. The number of hydrogen-bond donors (Lipinski definition) is 1. The van der Waals surface area contributed by atoms with Crippen molar-refractivity contribution >= 4 is 39.5 Å². The van der Waals surface area contributed by atoms with Crippen molar-refractivity contribution in [1.29, 1.82) is 0 Å². The normalized spacial score (nSPS) is 15.3. The highest BCUT2D eigenvalue weighted by Crippen LogP contribution is 2.55. The van der Waals surface area contributed by atoms with Gasteiger partial charge >= 0.3 is 0 Å². The highest BCUT2D eigenvalue weighted by atomic mass is 15.2. The maximum Gasteiger partial charge on any atom is 0.159 e. The Hall–Kier alpha value is -7.04. The molecule has 4 heteroatoms. The number of amidine groups is 2. The average molecular weight is 721 g/mol. The highest BCUT2D eigenvalue weighted by molar-refractivity contribution is 6.14. The number of para-hydroxylation sites is 2. The van der Waals surface area contributed by atoms with Crippen molar-refractivity contribution in [3.8, 4) is 22.3 Å². The molecule has 0 aromatic heterocycles. The molecule has 0 bridgehead atoms. The molecule has 0 spiro atoms. The Balaban J connectivity index is 1.10. The molecule has 0 radical (unpaired) electrons. The number of anilines is 3. The SMILES string of the molecule is CC1(C)c2cc(C3=NC(c4ccccc4)NC(c4ccccc4)=N3)ccc2-c2c(-c3ccc(N(c4ccccc4)c4ccccc4)cc3)cc3ccccc3c21. The number of nitrogens with zero attached hydrogens (tertiary/aromatic N) is 3. The van der Waals surface area contributed by atoms with Crippen LogP contribution in [0.25, 0.3) is 33.0 Å². The smallest absolute Gasteiger partial charge is 0.159 e. The number of fused-ring (bicyclic) bond motifs is 5. The quantitative estimate of drug-likeness (QED) is 0.178. The summed E-state index contributed by atoms with van der Waals surface area (Å²) in [5.41, 5.74) is 13.9. The van der Waals surface area contributed by atoms with E-state index >= 15 is 0 Å². The molecule has 8 aromatic rings. The van der Waals surface area contributed by atoms with Crippen LogP contribution in [-0.4, -0.2) is 11.7 Å². The molecule has 0 saturated carbocycles. The van der Waals surface area contributed by atoms with E-state index in [9.17, 15) is 0 Å². The van der Waals surface area contributed by atoms with Crippen LogP contribution in [-0.2, 0) is 5.41 Å². The molecule has 1 aliphatic heterocycles. The van der Waals surface area contributed by atoms with Crippen LogP contribution in [0.1, 0.15) is 47.8 Å². The van der Waals surface area contributed by atoms with Gasteiger partial charge in [-0.25, -0.2) is 9.98 Å². The van der Waals surface area contributed by atoms with Gasteiger partial charge in [-0.2, -0.15) is 0 Å².